The van der Waals surface area contributed by atoms with Crippen molar-refractivity contribution in [3.63, 3.8) is 0 Å². The largest absolute Gasteiger partial charge is 0.493 e. The number of carbonyl (C=O) groups excluding carboxylic acids is 4. The van der Waals surface area contributed by atoms with E-state index >= 15 is 0 Å². The zero-order valence-electron chi connectivity index (χ0n) is 33.3. The maximum atomic E-state index is 13.6. The summed E-state index contributed by atoms with van der Waals surface area (Å²) in [5, 5.41) is 2.91. The van der Waals surface area contributed by atoms with Crippen LogP contribution >= 0.6 is 0 Å². The number of esters is 1. The molecule has 14 nitrogen and oxygen atoms in total. The summed E-state index contributed by atoms with van der Waals surface area (Å²) < 4.78 is 33.7. The number of carbonyl (C=O) groups is 4. The van der Waals surface area contributed by atoms with Crippen molar-refractivity contribution < 1.29 is 47.6 Å². The van der Waals surface area contributed by atoms with E-state index in [9.17, 15) is 19.2 Å². The summed E-state index contributed by atoms with van der Waals surface area (Å²) in [6.45, 7) is 13.7. The molecule has 14 heteroatoms. The number of ether oxygens (including phenoxy) is 6. The number of benzene rings is 1. The molecule has 1 aromatic heterocycles. The van der Waals surface area contributed by atoms with E-state index in [1.165, 1.54) is 11.1 Å². The highest BCUT2D eigenvalue weighted by atomic mass is 16.7. The first kappa shape index (κ1) is 44.0. The minimum absolute atomic E-state index is 0.0666. The summed E-state index contributed by atoms with van der Waals surface area (Å²) in [4.78, 5) is 57.3. The van der Waals surface area contributed by atoms with E-state index in [-0.39, 0.29) is 42.6 Å². The molecule has 2 heterocycles. The van der Waals surface area contributed by atoms with Gasteiger partial charge in [0.1, 0.15) is 6.73 Å². The van der Waals surface area contributed by atoms with Crippen LogP contribution in [-0.4, -0.2) is 93.4 Å². The lowest BCUT2D eigenvalue weighted by molar-refractivity contribution is -0.130. The van der Waals surface area contributed by atoms with Crippen LogP contribution in [0.5, 0.6) is 11.5 Å². The molecule has 1 aliphatic rings. The molecule has 1 aliphatic heterocycles. The summed E-state index contributed by atoms with van der Waals surface area (Å²) >= 11 is 0. The standard InChI is InChI=1S/C40H60N4O10/c1-25(2)29(18-28-13-14-32(50-9)34(19-28)51-17-11-16-49-8)20-31-33(21-30(26(3)4)36(45)43-22-40(6,7)38(41)47)52-23-44(31)39(48)54-24-53-37(46)35-27(5)12-10-15-42-35/h10,12-15,19,25-26,29-31,33H,11,16-18,20-24H2,1-9H3,(H2,41,47)(H,43,45). The highest BCUT2D eigenvalue weighted by Crippen LogP contribution is 2.36. The van der Waals surface area contributed by atoms with Gasteiger partial charge in [0.05, 0.1) is 31.3 Å². The van der Waals surface area contributed by atoms with Crippen molar-refractivity contribution in [3.8, 4) is 11.5 Å². The van der Waals surface area contributed by atoms with E-state index in [4.69, 9.17) is 34.2 Å². The summed E-state index contributed by atoms with van der Waals surface area (Å²) in [6, 6.07) is 8.86. The lowest BCUT2D eigenvalue weighted by Crippen LogP contribution is -2.47. The zero-order chi connectivity index (χ0) is 40.0. The quantitative estimate of drug-likeness (QED) is 0.0962. The first-order valence-corrected chi connectivity index (χ1v) is 18.6. The third-order valence-electron chi connectivity index (χ3n) is 10.0. The smallest absolute Gasteiger partial charge is 0.414 e. The fourth-order valence-corrected chi connectivity index (χ4v) is 6.27. The maximum Gasteiger partial charge on any atom is 0.414 e. The van der Waals surface area contributed by atoms with Gasteiger partial charge in [0.15, 0.2) is 17.2 Å². The first-order chi connectivity index (χ1) is 25.6. The van der Waals surface area contributed by atoms with Gasteiger partial charge in [-0.3, -0.25) is 14.5 Å². The molecule has 1 fully saturated rings. The molecule has 2 aromatic rings. The molecule has 4 atom stereocenters. The van der Waals surface area contributed by atoms with E-state index < -0.39 is 48.2 Å². The summed E-state index contributed by atoms with van der Waals surface area (Å²) in [6.07, 6.45) is 2.50. The van der Waals surface area contributed by atoms with Crippen molar-refractivity contribution in [2.45, 2.75) is 86.3 Å². The van der Waals surface area contributed by atoms with Crippen LogP contribution in [0.3, 0.4) is 0 Å². The number of aromatic nitrogens is 1. The van der Waals surface area contributed by atoms with Crippen LogP contribution in [0.4, 0.5) is 4.79 Å². The second-order valence-electron chi connectivity index (χ2n) is 15.2. The predicted molar refractivity (Wildman–Crippen MR) is 202 cm³/mol. The van der Waals surface area contributed by atoms with Crippen LogP contribution in [0.15, 0.2) is 36.5 Å². The highest BCUT2D eigenvalue weighted by Gasteiger charge is 2.43. The van der Waals surface area contributed by atoms with Crippen molar-refractivity contribution in [3.05, 3.63) is 53.3 Å². The molecule has 0 radical (unpaired) electrons. The Hall–Kier alpha value is -4.43. The topological polar surface area (TPSA) is 178 Å². The van der Waals surface area contributed by atoms with Crippen LogP contribution in [0.2, 0.25) is 0 Å². The Bertz CT molecular complexity index is 1550. The normalized spacial score (nSPS) is 16.9. The number of pyridine rings is 1. The molecule has 4 unspecified atom stereocenters. The summed E-state index contributed by atoms with van der Waals surface area (Å²) in [5.74, 6) is -0.485. The van der Waals surface area contributed by atoms with Crippen LogP contribution in [0, 0.1) is 36.0 Å². The van der Waals surface area contributed by atoms with Gasteiger partial charge in [-0.2, -0.15) is 0 Å². The van der Waals surface area contributed by atoms with Gasteiger partial charge < -0.3 is 39.5 Å². The monoisotopic (exact) mass is 756 g/mol. The summed E-state index contributed by atoms with van der Waals surface area (Å²) in [7, 11) is 3.25. The molecule has 0 saturated carbocycles. The number of rotatable bonds is 21. The van der Waals surface area contributed by atoms with Crippen LogP contribution in [0.1, 0.15) is 82.4 Å². The van der Waals surface area contributed by atoms with Crippen LogP contribution < -0.4 is 20.5 Å². The molecule has 1 saturated heterocycles. The average molecular weight is 757 g/mol. The number of methoxy groups -OCH3 is 2. The van der Waals surface area contributed by atoms with Gasteiger partial charge in [0, 0.05) is 38.8 Å². The van der Waals surface area contributed by atoms with Gasteiger partial charge in [-0.15, -0.1) is 0 Å². The number of nitrogens with one attached hydrogen (secondary N) is 1. The Balaban J connectivity index is 1.85. The minimum atomic E-state index is -0.927. The van der Waals surface area contributed by atoms with Gasteiger partial charge >= 0.3 is 12.1 Å². The number of nitrogens with zero attached hydrogens (tertiary/aromatic N) is 2. The van der Waals surface area contributed by atoms with E-state index in [1.807, 2.05) is 32.0 Å². The fraction of sp³-hybridized carbons (Fsp3) is 0.625. The van der Waals surface area contributed by atoms with E-state index in [2.05, 4.69) is 24.1 Å². The second-order valence-corrected chi connectivity index (χ2v) is 15.2. The minimum Gasteiger partial charge on any atom is -0.493 e. The average Bonchev–Trinajstić information content (AvgIpc) is 3.52. The predicted octanol–water partition coefficient (Wildman–Crippen LogP) is 5.29. The number of amides is 3. The van der Waals surface area contributed by atoms with E-state index in [0.29, 0.717) is 49.5 Å². The van der Waals surface area contributed by atoms with Gasteiger partial charge in [-0.05, 0) is 87.1 Å². The molecular weight excluding hydrogens is 696 g/mol. The molecule has 3 amide bonds. The Labute approximate surface area is 319 Å². The molecule has 0 bridgehead atoms. The number of hydrogen-bond acceptors (Lipinski definition) is 11. The van der Waals surface area contributed by atoms with E-state index in [1.54, 1.807) is 47.1 Å². The molecular formula is C40H60N4O10. The Morgan fingerprint density at radius 1 is 1.02 bits per heavy atom. The van der Waals surface area contributed by atoms with Gasteiger partial charge in [0.2, 0.25) is 18.6 Å². The van der Waals surface area contributed by atoms with E-state index in [0.717, 1.165) is 12.0 Å². The summed E-state index contributed by atoms with van der Waals surface area (Å²) in [5.41, 5.74) is 6.42. The fourth-order valence-electron chi connectivity index (χ4n) is 6.27. The number of hydrogen-bond donors (Lipinski definition) is 2. The van der Waals surface area contributed by atoms with Crippen molar-refractivity contribution >= 4 is 23.9 Å². The molecule has 3 rings (SSSR count). The lowest BCUT2D eigenvalue weighted by Gasteiger charge is -2.33. The van der Waals surface area contributed by atoms with Gasteiger partial charge in [-0.25, -0.2) is 14.6 Å². The Morgan fingerprint density at radius 3 is 2.39 bits per heavy atom. The Kier molecular flexibility index (Phi) is 17.0. The number of nitrogens with two attached hydrogens (primary N) is 1. The second kappa shape index (κ2) is 20.9. The first-order valence-electron chi connectivity index (χ1n) is 18.6. The van der Waals surface area contributed by atoms with Crippen molar-refractivity contribution in [1.82, 2.24) is 15.2 Å². The number of aryl methyl sites for hydroxylation is 1. The third-order valence-corrected chi connectivity index (χ3v) is 10.0. The number of primary amides is 1. The molecule has 54 heavy (non-hydrogen) atoms. The van der Waals surface area contributed by atoms with Gasteiger partial charge in [-0.1, -0.05) is 39.8 Å². The van der Waals surface area contributed by atoms with Crippen LogP contribution in [0.25, 0.3) is 0 Å². The molecule has 3 N–H and O–H groups in total. The lowest BCUT2D eigenvalue weighted by atomic mass is 9.80. The Morgan fingerprint density at radius 2 is 1.76 bits per heavy atom. The highest BCUT2D eigenvalue weighted by molar-refractivity contribution is 5.88. The van der Waals surface area contributed by atoms with Crippen molar-refractivity contribution in [2.24, 2.45) is 34.8 Å². The van der Waals surface area contributed by atoms with Crippen molar-refractivity contribution in [2.75, 3.05) is 47.5 Å². The molecule has 1 aromatic carbocycles. The molecule has 0 spiro atoms. The third kappa shape index (κ3) is 12.6. The molecule has 300 valence electrons. The molecule has 0 aliphatic carbocycles. The van der Waals surface area contributed by atoms with Crippen molar-refractivity contribution in [1.29, 1.82) is 0 Å². The SMILES string of the molecule is COCCCOc1cc(CC(CC2C(CC(C(=O)NCC(C)(C)C(N)=O)C(C)C)OCN2C(=O)OCOC(=O)c2ncccc2C)C(C)C)ccc1OC. The maximum absolute atomic E-state index is 13.6. The van der Waals surface area contributed by atoms with Gasteiger partial charge in [0.25, 0.3) is 0 Å². The van der Waals surface area contributed by atoms with Crippen LogP contribution in [-0.2, 0) is 35.0 Å². The zero-order valence-corrected chi connectivity index (χ0v) is 33.3.